The SMILES string of the molecule is CCCS(=O)(=O)N1CCC2(CC1)CN(C(C)=O)C(C)(CO)C2. The smallest absolute Gasteiger partial charge is 0.219 e. The van der Waals surface area contributed by atoms with Gasteiger partial charge < -0.3 is 10.0 Å². The van der Waals surface area contributed by atoms with Crippen molar-refractivity contribution in [2.24, 2.45) is 5.41 Å². The van der Waals surface area contributed by atoms with Crippen LogP contribution in [-0.4, -0.2) is 66.2 Å². The molecule has 1 amide bonds. The number of piperidine rings is 1. The summed E-state index contributed by atoms with van der Waals surface area (Å²) >= 11 is 0. The standard InChI is InChI=1S/C15H28N2O4S/c1-4-9-22(20,21)16-7-5-15(6-8-16)10-14(3,12-18)17(11-15)13(2)19/h18H,4-12H2,1-3H3. The second-order valence-electron chi connectivity index (χ2n) is 7.15. The van der Waals surface area contributed by atoms with Gasteiger partial charge in [0.25, 0.3) is 0 Å². The van der Waals surface area contributed by atoms with Gasteiger partial charge in [-0.15, -0.1) is 0 Å². The molecule has 2 rings (SSSR count). The number of carbonyl (C=O) groups is 1. The lowest BCUT2D eigenvalue weighted by Gasteiger charge is -2.38. The van der Waals surface area contributed by atoms with Gasteiger partial charge in [0.05, 0.1) is 17.9 Å². The summed E-state index contributed by atoms with van der Waals surface area (Å²) in [5.41, 5.74) is -0.572. The predicted octanol–water partition coefficient (Wildman–Crippen LogP) is 0.812. The highest BCUT2D eigenvalue weighted by molar-refractivity contribution is 7.89. The molecule has 0 aromatic carbocycles. The molecule has 2 aliphatic heterocycles. The quantitative estimate of drug-likeness (QED) is 0.826. The Morgan fingerprint density at radius 1 is 1.27 bits per heavy atom. The van der Waals surface area contributed by atoms with Gasteiger partial charge in [-0.1, -0.05) is 6.92 Å². The molecular weight excluding hydrogens is 304 g/mol. The maximum Gasteiger partial charge on any atom is 0.219 e. The van der Waals surface area contributed by atoms with E-state index in [1.165, 1.54) is 6.92 Å². The van der Waals surface area contributed by atoms with E-state index in [0.29, 0.717) is 26.1 Å². The van der Waals surface area contributed by atoms with Crippen LogP contribution in [0.5, 0.6) is 0 Å². The highest BCUT2D eigenvalue weighted by Gasteiger charge is 2.52. The fourth-order valence-electron chi connectivity index (χ4n) is 4.08. The molecule has 2 heterocycles. The first kappa shape index (κ1) is 17.7. The minimum absolute atomic E-state index is 0.0190. The van der Waals surface area contributed by atoms with E-state index < -0.39 is 15.6 Å². The molecule has 1 spiro atoms. The van der Waals surface area contributed by atoms with Crippen molar-refractivity contribution in [1.82, 2.24) is 9.21 Å². The Bertz CT molecular complexity index is 526. The van der Waals surface area contributed by atoms with Crippen molar-refractivity contribution in [3.63, 3.8) is 0 Å². The van der Waals surface area contributed by atoms with E-state index in [0.717, 1.165) is 19.3 Å². The molecule has 2 aliphatic rings. The summed E-state index contributed by atoms with van der Waals surface area (Å²) in [6, 6.07) is 0. The van der Waals surface area contributed by atoms with E-state index in [2.05, 4.69) is 0 Å². The molecule has 22 heavy (non-hydrogen) atoms. The van der Waals surface area contributed by atoms with Crippen molar-refractivity contribution in [2.75, 3.05) is 32.0 Å². The summed E-state index contributed by atoms with van der Waals surface area (Å²) in [7, 11) is -3.14. The summed E-state index contributed by atoms with van der Waals surface area (Å²) in [6.45, 7) is 6.95. The number of hydrogen-bond acceptors (Lipinski definition) is 4. The first-order chi connectivity index (χ1) is 10.2. The number of aliphatic hydroxyl groups excluding tert-OH is 1. The number of rotatable bonds is 4. The van der Waals surface area contributed by atoms with Crippen LogP contribution in [0, 0.1) is 5.41 Å². The molecule has 1 N–H and O–H groups in total. The van der Waals surface area contributed by atoms with Gasteiger partial charge in [0.1, 0.15) is 0 Å². The molecule has 2 fully saturated rings. The predicted molar refractivity (Wildman–Crippen MR) is 84.8 cm³/mol. The summed E-state index contributed by atoms with van der Waals surface area (Å²) in [5.74, 6) is 0.183. The highest BCUT2D eigenvalue weighted by Crippen LogP contribution is 2.48. The van der Waals surface area contributed by atoms with Crippen LogP contribution in [0.3, 0.4) is 0 Å². The molecule has 128 valence electrons. The van der Waals surface area contributed by atoms with Gasteiger partial charge in [-0.3, -0.25) is 4.79 Å². The molecule has 0 aliphatic carbocycles. The van der Waals surface area contributed by atoms with Crippen LogP contribution in [0.2, 0.25) is 0 Å². The van der Waals surface area contributed by atoms with E-state index in [1.807, 2.05) is 13.8 Å². The van der Waals surface area contributed by atoms with Crippen LogP contribution >= 0.6 is 0 Å². The monoisotopic (exact) mass is 332 g/mol. The van der Waals surface area contributed by atoms with Gasteiger partial charge in [-0.2, -0.15) is 0 Å². The van der Waals surface area contributed by atoms with Crippen LogP contribution < -0.4 is 0 Å². The molecule has 2 saturated heterocycles. The average Bonchev–Trinajstić information content (AvgIpc) is 2.73. The lowest BCUT2D eigenvalue weighted by molar-refractivity contribution is -0.134. The molecule has 1 unspecified atom stereocenters. The summed E-state index contributed by atoms with van der Waals surface area (Å²) < 4.78 is 25.9. The van der Waals surface area contributed by atoms with Gasteiger partial charge >= 0.3 is 0 Å². The molecule has 0 aromatic rings. The van der Waals surface area contributed by atoms with Gasteiger partial charge in [-0.05, 0) is 38.0 Å². The van der Waals surface area contributed by atoms with Crippen molar-refractivity contribution in [2.45, 2.75) is 52.0 Å². The number of nitrogens with zero attached hydrogens (tertiary/aromatic N) is 2. The van der Waals surface area contributed by atoms with Gasteiger partial charge in [0.15, 0.2) is 0 Å². The van der Waals surface area contributed by atoms with Crippen LogP contribution in [0.1, 0.15) is 46.5 Å². The Morgan fingerprint density at radius 2 is 1.86 bits per heavy atom. The zero-order chi connectivity index (χ0) is 16.6. The van der Waals surface area contributed by atoms with Crippen molar-refractivity contribution < 1.29 is 18.3 Å². The number of carbonyl (C=O) groups excluding carboxylic acids is 1. The Labute approximate surface area is 133 Å². The fourth-order valence-corrected chi connectivity index (χ4v) is 5.59. The van der Waals surface area contributed by atoms with Crippen LogP contribution in [-0.2, 0) is 14.8 Å². The van der Waals surface area contributed by atoms with Crippen molar-refractivity contribution in [1.29, 1.82) is 0 Å². The molecule has 0 saturated carbocycles. The Hall–Kier alpha value is -0.660. The third kappa shape index (κ3) is 3.16. The molecule has 0 bridgehead atoms. The number of aliphatic hydroxyl groups is 1. The Kier molecular flexibility index (Phi) is 4.90. The van der Waals surface area contributed by atoms with Crippen molar-refractivity contribution in [3.05, 3.63) is 0 Å². The van der Waals surface area contributed by atoms with Crippen LogP contribution in [0.4, 0.5) is 0 Å². The molecule has 6 nitrogen and oxygen atoms in total. The van der Waals surface area contributed by atoms with Crippen LogP contribution in [0.25, 0.3) is 0 Å². The molecule has 7 heteroatoms. The Morgan fingerprint density at radius 3 is 2.27 bits per heavy atom. The second kappa shape index (κ2) is 6.09. The summed E-state index contributed by atoms with van der Waals surface area (Å²) in [4.78, 5) is 13.6. The van der Waals surface area contributed by atoms with Crippen molar-refractivity contribution >= 4 is 15.9 Å². The number of amides is 1. The van der Waals surface area contributed by atoms with E-state index in [1.54, 1.807) is 9.21 Å². The third-order valence-corrected chi connectivity index (χ3v) is 7.34. The summed E-state index contributed by atoms with van der Waals surface area (Å²) in [6.07, 6.45) is 2.90. The first-order valence-corrected chi connectivity index (χ1v) is 9.66. The Balaban J connectivity index is 2.09. The maximum absolute atomic E-state index is 12.2. The number of sulfonamides is 1. The zero-order valence-electron chi connectivity index (χ0n) is 13.8. The number of likely N-dealkylation sites (tertiary alicyclic amines) is 1. The van der Waals surface area contributed by atoms with Crippen molar-refractivity contribution in [3.8, 4) is 0 Å². The summed E-state index contributed by atoms with van der Waals surface area (Å²) in [5, 5.41) is 9.71. The normalized spacial score (nSPS) is 29.2. The largest absolute Gasteiger partial charge is 0.394 e. The van der Waals surface area contributed by atoms with Gasteiger partial charge in [0, 0.05) is 26.6 Å². The fraction of sp³-hybridized carbons (Fsp3) is 0.933. The average molecular weight is 332 g/mol. The lowest BCUT2D eigenvalue weighted by Crippen LogP contribution is -2.46. The third-order valence-electron chi connectivity index (χ3n) is 5.26. The lowest BCUT2D eigenvalue weighted by atomic mass is 9.75. The second-order valence-corrected chi connectivity index (χ2v) is 9.24. The topological polar surface area (TPSA) is 77.9 Å². The van der Waals surface area contributed by atoms with E-state index in [-0.39, 0.29) is 23.7 Å². The zero-order valence-corrected chi connectivity index (χ0v) is 14.7. The minimum Gasteiger partial charge on any atom is -0.394 e. The van der Waals surface area contributed by atoms with Gasteiger partial charge in [-0.25, -0.2) is 12.7 Å². The van der Waals surface area contributed by atoms with Gasteiger partial charge in [0.2, 0.25) is 15.9 Å². The van der Waals surface area contributed by atoms with E-state index >= 15 is 0 Å². The molecule has 0 aromatic heterocycles. The van der Waals surface area contributed by atoms with Crippen LogP contribution in [0.15, 0.2) is 0 Å². The molecule has 0 radical (unpaired) electrons. The highest BCUT2D eigenvalue weighted by atomic mass is 32.2. The first-order valence-electron chi connectivity index (χ1n) is 8.05. The molecular formula is C15H28N2O4S. The number of hydrogen-bond donors (Lipinski definition) is 1. The van der Waals surface area contributed by atoms with E-state index in [9.17, 15) is 18.3 Å². The molecule has 1 atom stereocenters. The van der Waals surface area contributed by atoms with E-state index in [4.69, 9.17) is 0 Å². The minimum atomic E-state index is -3.14. The maximum atomic E-state index is 12.2.